The van der Waals surface area contributed by atoms with Crippen molar-refractivity contribution in [1.82, 2.24) is 0 Å². The van der Waals surface area contributed by atoms with E-state index in [0.717, 1.165) is 17.7 Å². The van der Waals surface area contributed by atoms with E-state index in [1.807, 2.05) is 0 Å². The average Bonchev–Trinajstić information content (AvgIpc) is 2.83. The highest BCUT2D eigenvalue weighted by molar-refractivity contribution is 7.92. The molecule has 0 unspecified atom stereocenters. The molecule has 172 valence electrons. The molecule has 1 amide bonds. The number of rotatable bonds is 6. The predicted octanol–water partition coefficient (Wildman–Crippen LogP) is 4.24. The number of hydrogen-bond donors (Lipinski definition) is 1. The summed E-state index contributed by atoms with van der Waals surface area (Å²) in [7, 11) is -0.819. The molecular formula is C24H23FN2O5S. The standard InChI is InChI=1S/C24H23FN2O5S/c1-31-22-12-5-17(15-23(22)32-2)24(28)26-19-8-11-21-16(14-19)4-3-13-27(21)33(29,30)20-9-6-18(25)7-10-20/h5-12,14-15H,3-4,13H2,1-2H3,(H,26,28). The smallest absolute Gasteiger partial charge is 0.264 e. The summed E-state index contributed by atoms with van der Waals surface area (Å²) in [6.45, 7) is 0.323. The van der Waals surface area contributed by atoms with Crippen molar-refractivity contribution in [2.45, 2.75) is 17.7 Å². The summed E-state index contributed by atoms with van der Waals surface area (Å²) in [5, 5.41) is 2.84. The Morgan fingerprint density at radius 2 is 1.70 bits per heavy atom. The van der Waals surface area contributed by atoms with E-state index in [1.54, 1.807) is 36.4 Å². The van der Waals surface area contributed by atoms with E-state index in [1.165, 1.54) is 30.7 Å². The Hall–Kier alpha value is -3.59. The molecule has 0 spiro atoms. The maximum Gasteiger partial charge on any atom is 0.264 e. The first kappa shape index (κ1) is 22.6. The van der Waals surface area contributed by atoms with E-state index in [0.29, 0.717) is 47.8 Å². The van der Waals surface area contributed by atoms with E-state index in [-0.39, 0.29) is 10.8 Å². The van der Waals surface area contributed by atoms with E-state index in [4.69, 9.17) is 9.47 Å². The first-order valence-electron chi connectivity index (χ1n) is 10.3. The molecular weight excluding hydrogens is 447 g/mol. The third kappa shape index (κ3) is 4.49. The van der Waals surface area contributed by atoms with Crippen molar-refractivity contribution in [2.75, 3.05) is 30.4 Å². The lowest BCUT2D eigenvalue weighted by molar-refractivity contribution is 0.102. The van der Waals surface area contributed by atoms with E-state index in [9.17, 15) is 17.6 Å². The van der Waals surface area contributed by atoms with Gasteiger partial charge in [0.1, 0.15) is 5.82 Å². The second-order valence-corrected chi connectivity index (χ2v) is 9.36. The monoisotopic (exact) mass is 470 g/mol. The maximum atomic E-state index is 13.3. The number of aryl methyl sites for hydroxylation is 1. The van der Waals surface area contributed by atoms with Crippen LogP contribution in [0.25, 0.3) is 0 Å². The van der Waals surface area contributed by atoms with Crippen molar-refractivity contribution < 1.29 is 27.1 Å². The van der Waals surface area contributed by atoms with Crippen molar-refractivity contribution in [3.05, 3.63) is 77.6 Å². The van der Waals surface area contributed by atoms with Crippen molar-refractivity contribution in [3.8, 4) is 11.5 Å². The van der Waals surface area contributed by atoms with Gasteiger partial charge in [0.2, 0.25) is 0 Å². The molecule has 3 aromatic rings. The third-order valence-corrected chi connectivity index (χ3v) is 7.29. The molecule has 3 aromatic carbocycles. The summed E-state index contributed by atoms with van der Waals surface area (Å²) >= 11 is 0. The quantitative estimate of drug-likeness (QED) is 0.583. The highest BCUT2D eigenvalue weighted by Gasteiger charge is 2.29. The second-order valence-electron chi connectivity index (χ2n) is 7.50. The number of halogens is 1. The van der Waals surface area contributed by atoms with Crippen molar-refractivity contribution in [1.29, 1.82) is 0 Å². The van der Waals surface area contributed by atoms with Gasteiger partial charge in [-0.1, -0.05) is 0 Å². The van der Waals surface area contributed by atoms with Gasteiger partial charge in [0, 0.05) is 17.8 Å². The Labute approximate surface area is 191 Å². The number of sulfonamides is 1. The van der Waals surface area contributed by atoms with E-state index >= 15 is 0 Å². The van der Waals surface area contributed by atoms with Crippen LogP contribution in [0.1, 0.15) is 22.3 Å². The lowest BCUT2D eigenvalue weighted by Gasteiger charge is -2.31. The van der Waals surface area contributed by atoms with Gasteiger partial charge in [-0.05, 0) is 79.1 Å². The molecule has 0 radical (unpaired) electrons. The van der Waals surface area contributed by atoms with Crippen LogP contribution in [0.4, 0.5) is 15.8 Å². The molecule has 1 N–H and O–H groups in total. The Balaban J connectivity index is 1.58. The van der Waals surface area contributed by atoms with Crippen molar-refractivity contribution >= 4 is 27.3 Å². The molecule has 0 fully saturated rings. The van der Waals surface area contributed by atoms with Gasteiger partial charge in [-0.3, -0.25) is 9.10 Å². The minimum Gasteiger partial charge on any atom is -0.493 e. The van der Waals surface area contributed by atoms with Crippen LogP contribution < -0.4 is 19.1 Å². The number of fused-ring (bicyclic) bond motifs is 1. The molecule has 0 saturated heterocycles. The number of ether oxygens (including phenoxy) is 2. The van der Waals surface area contributed by atoms with E-state index < -0.39 is 15.8 Å². The fraction of sp³-hybridized carbons (Fsp3) is 0.208. The fourth-order valence-electron chi connectivity index (χ4n) is 3.80. The number of nitrogens with one attached hydrogen (secondary N) is 1. The zero-order valence-electron chi connectivity index (χ0n) is 18.2. The molecule has 0 aliphatic carbocycles. The zero-order valence-corrected chi connectivity index (χ0v) is 19.0. The Kier molecular flexibility index (Phi) is 6.24. The molecule has 1 aliphatic heterocycles. The average molecular weight is 471 g/mol. The van der Waals surface area contributed by atoms with Gasteiger partial charge < -0.3 is 14.8 Å². The molecule has 0 bridgehead atoms. The van der Waals surface area contributed by atoms with Crippen LogP contribution in [-0.4, -0.2) is 35.1 Å². The number of benzene rings is 3. The van der Waals surface area contributed by atoms with Crippen LogP contribution >= 0.6 is 0 Å². The summed E-state index contributed by atoms with van der Waals surface area (Å²) in [5.41, 5.74) is 2.30. The highest BCUT2D eigenvalue weighted by Crippen LogP contribution is 2.34. The third-order valence-electron chi connectivity index (χ3n) is 5.46. The van der Waals surface area contributed by atoms with Gasteiger partial charge in [0.05, 0.1) is 24.8 Å². The minimum absolute atomic E-state index is 0.0302. The first-order valence-corrected chi connectivity index (χ1v) is 11.7. The maximum absolute atomic E-state index is 13.3. The normalized spacial score (nSPS) is 13.2. The van der Waals surface area contributed by atoms with Crippen LogP contribution in [0, 0.1) is 5.82 Å². The van der Waals surface area contributed by atoms with Crippen LogP contribution in [0.3, 0.4) is 0 Å². The number of amides is 1. The molecule has 9 heteroatoms. The minimum atomic E-state index is -3.83. The SMILES string of the molecule is COc1ccc(C(=O)Nc2ccc3c(c2)CCCN3S(=O)(=O)c2ccc(F)cc2)cc1OC. The fourth-order valence-corrected chi connectivity index (χ4v) is 5.35. The number of hydrogen-bond acceptors (Lipinski definition) is 5. The van der Waals surface area contributed by atoms with Crippen molar-refractivity contribution in [2.24, 2.45) is 0 Å². The Morgan fingerprint density at radius 3 is 2.39 bits per heavy atom. The summed E-state index contributed by atoms with van der Waals surface area (Å²) in [6, 6.07) is 14.8. The lowest BCUT2D eigenvalue weighted by Crippen LogP contribution is -2.35. The molecule has 0 atom stereocenters. The van der Waals surface area contributed by atoms with Gasteiger partial charge in [-0.15, -0.1) is 0 Å². The number of methoxy groups -OCH3 is 2. The van der Waals surface area contributed by atoms with Gasteiger partial charge in [-0.2, -0.15) is 0 Å². The zero-order chi connectivity index (χ0) is 23.6. The number of carbonyl (C=O) groups excluding carboxylic acids is 1. The second kappa shape index (κ2) is 9.11. The van der Waals surface area contributed by atoms with Gasteiger partial charge in [-0.25, -0.2) is 12.8 Å². The Morgan fingerprint density at radius 1 is 0.970 bits per heavy atom. The highest BCUT2D eigenvalue weighted by atomic mass is 32.2. The predicted molar refractivity (Wildman–Crippen MR) is 123 cm³/mol. The number of nitrogens with zero attached hydrogens (tertiary/aromatic N) is 1. The molecule has 0 saturated carbocycles. The van der Waals surface area contributed by atoms with Crippen LogP contribution in [-0.2, 0) is 16.4 Å². The molecule has 1 aliphatic rings. The summed E-state index contributed by atoms with van der Waals surface area (Å²) in [6.07, 6.45) is 1.30. The first-order chi connectivity index (χ1) is 15.8. The van der Waals surface area contributed by atoms with Crippen molar-refractivity contribution in [3.63, 3.8) is 0 Å². The topological polar surface area (TPSA) is 84.9 Å². The molecule has 1 heterocycles. The Bertz CT molecular complexity index is 1290. The number of carbonyl (C=O) groups is 1. The van der Waals surface area contributed by atoms with Gasteiger partial charge >= 0.3 is 0 Å². The number of anilines is 2. The summed E-state index contributed by atoms with van der Waals surface area (Å²) in [5.74, 6) is 0.132. The van der Waals surface area contributed by atoms with Gasteiger partial charge in [0.25, 0.3) is 15.9 Å². The molecule has 4 rings (SSSR count). The van der Waals surface area contributed by atoms with Crippen LogP contribution in [0.5, 0.6) is 11.5 Å². The lowest BCUT2D eigenvalue weighted by atomic mass is 10.0. The largest absolute Gasteiger partial charge is 0.493 e. The van der Waals surface area contributed by atoms with Crippen LogP contribution in [0.15, 0.2) is 65.6 Å². The molecule has 7 nitrogen and oxygen atoms in total. The van der Waals surface area contributed by atoms with E-state index in [2.05, 4.69) is 5.32 Å². The van der Waals surface area contributed by atoms with Gasteiger partial charge in [0.15, 0.2) is 11.5 Å². The summed E-state index contributed by atoms with van der Waals surface area (Å²) in [4.78, 5) is 12.8. The summed E-state index contributed by atoms with van der Waals surface area (Å²) < 4.78 is 51.3. The molecule has 33 heavy (non-hydrogen) atoms. The van der Waals surface area contributed by atoms with Crippen LogP contribution in [0.2, 0.25) is 0 Å². The molecule has 0 aromatic heterocycles.